The summed E-state index contributed by atoms with van der Waals surface area (Å²) in [6.07, 6.45) is 4.44. The molecule has 0 saturated carbocycles. The van der Waals surface area contributed by atoms with Crippen LogP contribution in [0.25, 0.3) is 0 Å². The predicted molar refractivity (Wildman–Crippen MR) is 71.3 cm³/mol. The Labute approximate surface area is 110 Å². The molecule has 0 radical (unpaired) electrons. The van der Waals surface area contributed by atoms with Crippen LogP contribution in [-0.4, -0.2) is 37.7 Å². The fourth-order valence-electron chi connectivity index (χ4n) is 3.08. The van der Waals surface area contributed by atoms with Crippen molar-refractivity contribution < 1.29 is 9.53 Å². The summed E-state index contributed by atoms with van der Waals surface area (Å²) in [6, 6.07) is 0.435. The summed E-state index contributed by atoms with van der Waals surface area (Å²) in [6.45, 7) is 6.91. The molecule has 4 heteroatoms. The SMILES string of the molecule is CCC1OCCC1C(=O)NCC1NCCCC1C. The van der Waals surface area contributed by atoms with Crippen LogP contribution in [0.3, 0.4) is 0 Å². The van der Waals surface area contributed by atoms with Crippen molar-refractivity contribution in [2.24, 2.45) is 11.8 Å². The smallest absolute Gasteiger partial charge is 0.225 e. The quantitative estimate of drug-likeness (QED) is 0.795. The predicted octanol–water partition coefficient (Wildman–Crippen LogP) is 1.31. The van der Waals surface area contributed by atoms with E-state index in [1.807, 2.05) is 0 Å². The van der Waals surface area contributed by atoms with Crippen molar-refractivity contribution in [2.45, 2.75) is 51.7 Å². The lowest BCUT2D eigenvalue weighted by Crippen LogP contribution is -2.49. The molecule has 4 atom stereocenters. The Morgan fingerprint density at radius 1 is 1.44 bits per heavy atom. The molecule has 2 aliphatic rings. The van der Waals surface area contributed by atoms with Gasteiger partial charge < -0.3 is 15.4 Å². The van der Waals surface area contributed by atoms with Gasteiger partial charge in [0.25, 0.3) is 0 Å². The third kappa shape index (κ3) is 3.23. The van der Waals surface area contributed by atoms with E-state index in [0.29, 0.717) is 12.0 Å². The minimum Gasteiger partial charge on any atom is -0.377 e. The third-order valence-corrected chi connectivity index (χ3v) is 4.37. The van der Waals surface area contributed by atoms with E-state index in [0.717, 1.165) is 32.5 Å². The van der Waals surface area contributed by atoms with Crippen LogP contribution in [0.2, 0.25) is 0 Å². The molecular formula is C14H26N2O2. The minimum atomic E-state index is 0.0638. The molecule has 0 aliphatic carbocycles. The molecule has 0 bridgehead atoms. The highest BCUT2D eigenvalue weighted by Gasteiger charge is 2.33. The minimum absolute atomic E-state index is 0.0638. The maximum Gasteiger partial charge on any atom is 0.225 e. The average molecular weight is 254 g/mol. The molecule has 1 amide bonds. The second kappa shape index (κ2) is 6.53. The van der Waals surface area contributed by atoms with Gasteiger partial charge in [0.1, 0.15) is 0 Å². The van der Waals surface area contributed by atoms with Crippen LogP contribution in [0, 0.1) is 11.8 Å². The zero-order chi connectivity index (χ0) is 13.0. The topological polar surface area (TPSA) is 50.4 Å². The van der Waals surface area contributed by atoms with Crippen LogP contribution in [0.1, 0.15) is 39.5 Å². The number of carbonyl (C=O) groups is 1. The summed E-state index contributed by atoms with van der Waals surface area (Å²) in [4.78, 5) is 12.1. The standard InChI is InChI=1S/C14H26N2O2/c1-3-13-11(6-8-18-13)14(17)16-9-12-10(2)5-4-7-15-12/h10-13,15H,3-9H2,1-2H3,(H,16,17). The van der Waals surface area contributed by atoms with Gasteiger partial charge in [-0.25, -0.2) is 0 Å². The Balaban J connectivity index is 1.77. The second-order valence-corrected chi connectivity index (χ2v) is 5.64. The van der Waals surface area contributed by atoms with Crippen molar-refractivity contribution in [3.05, 3.63) is 0 Å². The first-order valence-corrected chi connectivity index (χ1v) is 7.35. The molecule has 4 nitrogen and oxygen atoms in total. The molecule has 2 heterocycles. The van der Waals surface area contributed by atoms with E-state index in [2.05, 4.69) is 24.5 Å². The van der Waals surface area contributed by atoms with E-state index < -0.39 is 0 Å². The molecule has 2 fully saturated rings. The first-order chi connectivity index (χ1) is 8.72. The first-order valence-electron chi connectivity index (χ1n) is 7.35. The number of hydrogen-bond acceptors (Lipinski definition) is 3. The van der Waals surface area contributed by atoms with Crippen molar-refractivity contribution in [2.75, 3.05) is 19.7 Å². The van der Waals surface area contributed by atoms with E-state index in [1.54, 1.807) is 0 Å². The molecule has 0 aromatic heterocycles. The van der Waals surface area contributed by atoms with Gasteiger partial charge in [-0.3, -0.25) is 4.79 Å². The van der Waals surface area contributed by atoms with Gasteiger partial charge in [-0.05, 0) is 38.1 Å². The van der Waals surface area contributed by atoms with Gasteiger partial charge in [-0.15, -0.1) is 0 Å². The van der Waals surface area contributed by atoms with Crippen molar-refractivity contribution >= 4 is 5.91 Å². The number of hydrogen-bond donors (Lipinski definition) is 2. The lowest BCUT2D eigenvalue weighted by Gasteiger charge is -2.30. The highest BCUT2D eigenvalue weighted by Crippen LogP contribution is 2.23. The molecule has 2 saturated heterocycles. The Hall–Kier alpha value is -0.610. The summed E-state index contributed by atoms with van der Waals surface area (Å²) in [7, 11) is 0. The summed E-state index contributed by atoms with van der Waals surface area (Å²) < 4.78 is 5.57. The Morgan fingerprint density at radius 2 is 2.28 bits per heavy atom. The fraction of sp³-hybridized carbons (Fsp3) is 0.929. The van der Waals surface area contributed by atoms with Crippen LogP contribution < -0.4 is 10.6 Å². The van der Waals surface area contributed by atoms with Crippen LogP contribution in [-0.2, 0) is 9.53 Å². The van der Waals surface area contributed by atoms with E-state index >= 15 is 0 Å². The number of amides is 1. The number of ether oxygens (including phenoxy) is 1. The van der Waals surface area contributed by atoms with Gasteiger partial charge >= 0.3 is 0 Å². The van der Waals surface area contributed by atoms with Crippen LogP contribution in [0.5, 0.6) is 0 Å². The number of carbonyl (C=O) groups excluding carboxylic acids is 1. The summed E-state index contributed by atoms with van der Waals surface area (Å²) in [5.41, 5.74) is 0. The molecule has 0 aromatic rings. The molecule has 0 aromatic carbocycles. The molecule has 104 valence electrons. The Bertz CT molecular complexity index is 283. The second-order valence-electron chi connectivity index (χ2n) is 5.64. The van der Waals surface area contributed by atoms with Crippen molar-refractivity contribution in [3.63, 3.8) is 0 Å². The largest absolute Gasteiger partial charge is 0.377 e. The third-order valence-electron chi connectivity index (χ3n) is 4.37. The van der Waals surface area contributed by atoms with Gasteiger partial charge in [-0.1, -0.05) is 13.8 Å². The molecule has 2 aliphatic heterocycles. The Morgan fingerprint density at radius 3 is 3.00 bits per heavy atom. The molecule has 2 N–H and O–H groups in total. The number of rotatable bonds is 4. The lowest BCUT2D eigenvalue weighted by molar-refractivity contribution is -0.126. The van der Waals surface area contributed by atoms with E-state index in [4.69, 9.17) is 4.74 Å². The highest BCUT2D eigenvalue weighted by molar-refractivity contribution is 5.79. The fourth-order valence-corrected chi connectivity index (χ4v) is 3.08. The van der Waals surface area contributed by atoms with Crippen LogP contribution >= 0.6 is 0 Å². The summed E-state index contributed by atoms with van der Waals surface area (Å²) in [5, 5.41) is 6.60. The highest BCUT2D eigenvalue weighted by atomic mass is 16.5. The zero-order valence-electron chi connectivity index (χ0n) is 11.6. The zero-order valence-corrected chi connectivity index (χ0v) is 11.6. The van der Waals surface area contributed by atoms with Crippen molar-refractivity contribution in [1.29, 1.82) is 0 Å². The molecule has 18 heavy (non-hydrogen) atoms. The van der Waals surface area contributed by atoms with Crippen molar-refractivity contribution in [1.82, 2.24) is 10.6 Å². The molecule has 4 unspecified atom stereocenters. The summed E-state index contributed by atoms with van der Waals surface area (Å²) >= 11 is 0. The monoisotopic (exact) mass is 254 g/mol. The first kappa shape index (κ1) is 13.8. The van der Waals surface area contributed by atoms with Gasteiger partial charge in [-0.2, -0.15) is 0 Å². The average Bonchev–Trinajstić information content (AvgIpc) is 2.86. The van der Waals surface area contributed by atoms with E-state index in [1.165, 1.54) is 12.8 Å². The normalized spacial score (nSPS) is 36.6. The number of nitrogens with one attached hydrogen (secondary N) is 2. The van der Waals surface area contributed by atoms with E-state index in [9.17, 15) is 4.79 Å². The number of piperidine rings is 1. The molecule has 2 rings (SSSR count). The van der Waals surface area contributed by atoms with Gasteiger partial charge in [0.2, 0.25) is 5.91 Å². The molecule has 0 spiro atoms. The Kier molecular flexibility index (Phi) is 5.01. The summed E-state index contributed by atoms with van der Waals surface area (Å²) in [5.74, 6) is 0.897. The van der Waals surface area contributed by atoms with E-state index in [-0.39, 0.29) is 17.9 Å². The van der Waals surface area contributed by atoms with Crippen LogP contribution in [0.15, 0.2) is 0 Å². The maximum absolute atomic E-state index is 12.1. The lowest BCUT2D eigenvalue weighted by atomic mass is 9.92. The van der Waals surface area contributed by atoms with Crippen molar-refractivity contribution in [3.8, 4) is 0 Å². The molecular weight excluding hydrogens is 228 g/mol. The van der Waals surface area contributed by atoms with Crippen LogP contribution in [0.4, 0.5) is 0 Å². The van der Waals surface area contributed by atoms with Gasteiger partial charge in [0, 0.05) is 19.2 Å². The van der Waals surface area contributed by atoms with Gasteiger partial charge in [0.05, 0.1) is 12.0 Å². The maximum atomic E-state index is 12.1. The van der Waals surface area contributed by atoms with Gasteiger partial charge in [0.15, 0.2) is 0 Å².